The fraction of sp³-hybridized carbons (Fsp3) is 0.0714. The molecule has 0 aliphatic heterocycles. The Bertz CT molecular complexity index is 552. The van der Waals surface area contributed by atoms with Crippen molar-refractivity contribution in [1.29, 1.82) is 0 Å². The van der Waals surface area contributed by atoms with Gasteiger partial charge in [0.05, 0.1) is 0 Å². The predicted octanol–water partition coefficient (Wildman–Crippen LogP) is 4.61. The molecule has 0 saturated carbocycles. The van der Waals surface area contributed by atoms with Crippen LogP contribution in [0, 0.1) is 6.92 Å². The largest absolute Gasteiger partial charge is 0.298 e. The van der Waals surface area contributed by atoms with Crippen LogP contribution in [0.25, 0.3) is 0 Å². The van der Waals surface area contributed by atoms with E-state index in [4.69, 9.17) is 11.6 Å². The van der Waals surface area contributed by atoms with Gasteiger partial charge in [-0.05, 0) is 37.3 Å². The van der Waals surface area contributed by atoms with Crippen molar-refractivity contribution in [3.63, 3.8) is 0 Å². The Hall–Kier alpha value is -1.25. The van der Waals surface area contributed by atoms with Crippen LogP contribution < -0.4 is 0 Å². The van der Waals surface area contributed by atoms with Gasteiger partial charge in [-0.25, -0.2) is 0 Å². The summed E-state index contributed by atoms with van der Waals surface area (Å²) in [6.07, 6.45) is 0.837. The standard InChI is InChI=1S/C14H11ClOS/c1-10-3-2-4-13(7-10)17-14-6-5-12(15)8-11(14)9-16/h2-9H,1H3. The molecule has 2 rings (SSSR count). The molecule has 0 unspecified atom stereocenters. The molecule has 1 nitrogen and oxygen atoms in total. The second-order valence-corrected chi connectivity index (χ2v) is 5.27. The van der Waals surface area contributed by atoms with Crippen LogP contribution >= 0.6 is 23.4 Å². The van der Waals surface area contributed by atoms with Crippen molar-refractivity contribution in [3.8, 4) is 0 Å². The van der Waals surface area contributed by atoms with Crippen molar-refractivity contribution in [1.82, 2.24) is 0 Å². The second kappa shape index (κ2) is 5.39. The molecule has 0 radical (unpaired) electrons. The minimum Gasteiger partial charge on any atom is -0.298 e. The minimum atomic E-state index is 0.584. The van der Waals surface area contributed by atoms with Gasteiger partial charge in [-0.2, -0.15) is 0 Å². The number of hydrogen-bond donors (Lipinski definition) is 0. The Morgan fingerprint density at radius 3 is 2.71 bits per heavy atom. The highest BCUT2D eigenvalue weighted by Crippen LogP contribution is 2.31. The number of hydrogen-bond acceptors (Lipinski definition) is 2. The van der Waals surface area contributed by atoms with Crippen LogP contribution in [0.15, 0.2) is 52.3 Å². The first-order valence-corrected chi connectivity index (χ1v) is 6.38. The van der Waals surface area contributed by atoms with E-state index in [9.17, 15) is 4.79 Å². The van der Waals surface area contributed by atoms with Crippen molar-refractivity contribution in [2.45, 2.75) is 16.7 Å². The van der Waals surface area contributed by atoms with Crippen molar-refractivity contribution in [3.05, 3.63) is 58.6 Å². The summed E-state index contributed by atoms with van der Waals surface area (Å²) in [6.45, 7) is 2.05. The van der Waals surface area contributed by atoms with Crippen molar-refractivity contribution >= 4 is 29.6 Å². The Morgan fingerprint density at radius 2 is 2.00 bits per heavy atom. The van der Waals surface area contributed by atoms with Gasteiger partial charge >= 0.3 is 0 Å². The summed E-state index contributed by atoms with van der Waals surface area (Å²) in [4.78, 5) is 13.0. The number of halogens is 1. The molecular weight excluding hydrogens is 252 g/mol. The van der Waals surface area contributed by atoms with Crippen LogP contribution in [-0.4, -0.2) is 6.29 Å². The zero-order valence-corrected chi connectivity index (χ0v) is 10.9. The number of carbonyl (C=O) groups is 1. The van der Waals surface area contributed by atoms with Crippen LogP contribution in [0.1, 0.15) is 15.9 Å². The SMILES string of the molecule is Cc1cccc(Sc2ccc(Cl)cc2C=O)c1. The van der Waals surface area contributed by atoms with Gasteiger partial charge in [0.25, 0.3) is 0 Å². The Balaban J connectivity index is 2.32. The average molecular weight is 263 g/mol. The molecular formula is C14H11ClOS. The molecule has 0 atom stereocenters. The Morgan fingerprint density at radius 1 is 1.18 bits per heavy atom. The number of aryl methyl sites for hydroxylation is 1. The molecule has 0 aliphatic rings. The summed E-state index contributed by atoms with van der Waals surface area (Å²) >= 11 is 7.43. The number of benzene rings is 2. The molecule has 0 saturated heterocycles. The van der Waals surface area contributed by atoms with Crippen LogP contribution in [0.2, 0.25) is 5.02 Å². The molecule has 0 amide bonds. The third kappa shape index (κ3) is 3.11. The van der Waals surface area contributed by atoms with E-state index in [0.717, 1.165) is 16.1 Å². The van der Waals surface area contributed by atoms with Crippen LogP contribution in [0.4, 0.5) is 0 Å². The van der Waals surface area contributed by atoms with Gasteiger partial charge in [-0.1, -0.05) is 41.1 Å². The second-order valence-electron chi connectivity index (χ2n) is 3.72. The molecule has 2 aromatic carbocycles. The van der Waals surface area contributed by atoms with Gasteiger partial charge in [0.15, 0.2) is 6.29 Å². The lowest BCUT2D eigenvalue weighted by atomic mass is 10.2. The first kappa shape index (κ1) is 12.2. The zero-order valence-electron chi connectivity index (χ0n) is 9.31. The highest BCUT2D eigenvalue weighted by molar-refractivity contribution is 7.99. The molecule has 0 spiro atoms. The summed E-state index contributed by atoms with van der Waals surface area (Å²) in [7, 11) is 0. The Labute approximate surface area is 110 Å². The molecule has 17 heavy (non-hydrogen) atoms. The highest BCUT2D eigenvalue weighted by Gasteiger charge is 2.04. The topological polar surface area (TPSA) is 17.1 Å². The van der Waals surface area contributed by atoms with E-state index in [-0.39, 0.29) is 0 Å². The molecule has 0 bridgehead atoms. The fourth-order valence-electron chi connectivity index (χ4n) is 1.51. The van der Waals surface area contributed by atoms with Gasteiger partial charge in [0, 0.05) is 20.4 Å². The number of aldehydes is 1. The molecule has 0 N–H and O–H groups in total. The minimum absolute atomic E-state index is 0.584. The lowest BCUT2D eigenvalue weighted by molar-refractivity contribution is 0.112. The molecule has 3 heteroatoms. The molecule has 86 valence electrons. The lowest BCUT2D eigenvalue weighted by Crippen LogP contribution is -1.85. The molecule has 0 aliphatic carbocycles. The molecule has 0 heterocycles. The smallest absolute Gasteiger partial charge is 0.151 e. The maximum absolute atomic E-state index is 11.0. The van der Waals surface area contributed by atoms with Crippen molar-refractivity contribution in [2.75, 3.05) is 0 Å². The van der Waals surface area contributed by atoms with Crippen molar-refractivity contribution in [2.24, 2.45) is 0 Å². The molecule has 2 aromatic rings. The van der Waals surface area contributed by atoms with Gasteiger partial charge in [-0.15, -0.1) is 0 Å². The molecule has 0 fully saturated rings. The van der Waals surface area contributed by atoms with E-state index < -0.39 is 0 Å². The maximum atomic E-state index is 11.0. The van der Waals surface area contributed by atoms with E-state index in [0.29, 0.717) is 10.6 Å². The molecule has 0 aromatic heterocycles. The fourth-order valence-corrected chi connectivity index (χ4v) is 2.70. The average Bonchev–Trinajstić information content (AvgIpc) is 2.31. The summed E-state index contributed by atoms with van der Waals surface area (Å²) in [5, 5.41) is 0.584. The lowest BCUT2D eigenvalue weighted by Gasteiger charge is -2.05. The van der Waals surface area contributed by atoms with E-state index in [1.807, 2.05) is 31.2 Å². The first-order chi connectivity index (χ1) is 8.19. The van der Waals surface area contributed by atoms with E-state index in [1.165, 1.54) is 5.56 Å². The van der Waals surface area contributed by atoms with Crippen LogP contribution in [0.5, 0.6) is 0 Å². The summed E-state index contributed by atoms with van der Waals surface area (Å²) in [6, 6.07) is 13.5. The first-order valence-electron chi connectivity index (χ1n) is 5.18. The van der Waals surface area contributed by atoms with Gasteiger partial charge < -0.3 is 0 Å². The van der Waals surface area contributed by atoms with E-state index in [2.05, 4.69) is 6.07 Å². The number of rotatable bonds is 3. The summed E-state index contributed by atoms with van der Waals surface area (Å²) < 4.78 is 0. The van der Waals surface area contributed by atoms with Gasteiger partial charge in [0.2, 0.25) is 0 Å². The van der Waals surface area contributed by atoms with Gasteiger partial charge in [0.1, 0.15) is 0 Å². The van der Waals surface area contributed by atoms with E-state index >= 15 is 0 Å². The monoisotopic (exact) mass is 262 g/mol. The van der Waals surface area contributed by atoms with Crippen molar-refractivity contribution < 1.29 is 4.79 Å². The third-order valence-electron chi connectivity index (χ3n) is 2.32. The van der Waals surface area contributed by atoms with Crippen LogP contribution in [0.3, 0.4) is 0 Å². The highest BCUT2D eigenvalue weighted by atomic mass is 35.5. The summed E-state index contributed by atoms with van der Waals surface area (Å²) in [5.41, 5.74) is 1.83. The zero-order chi connectivity index (χ0) is 12.3. The Kier molecular flexibility index (Phi) is 3.87. The quantitative estimate of drug-likeness (QED) is 0.752. The normalized spacial score (nSPS) is 10.2. The third-order valence-corrected chi connectivity index (χ3v) is 3.63. The van der Waals surface area contributed by atoms with E-state index in [1.54, 1.807) is 23.9 Å². The van der Waals surface area contributed by atoms with Gasteiger partial charge in [-0.3, -0.25) is 4.79 Å². The number of carbonyl (C=O) groups excluding carboxylic acids is 1. The van der Waals surface area contributed by atoms with Crippen LogP contribution in [-0.2, 0) is 0 Å². The summed E-state index contributed by atoms with van der Waals surface area (Å²) in [5.74, 6) is 0. The maximum Gasteiger partial charge on any atom is 0.151 e. The predicted molar refractivity (Wildman–Crippen MR) is 72.1 cm³/mol.